The number of fused-ring (bicyclic) bond motifs is 1. The average Bonchev–Trinajstić information content (AvgIpc) is 3.26. The third kappa shape index (κ3) is 3.87. The van der Waals surface area contributed by atoms with Gasteiger partial charge in [0, 0.05) is 22.5 Å². The van der Waals surface area contributed by atoms with E-state index in [9.17, 15) is 4.79 Å². The van der Waals surface area contributed by atoms with Gasteiger partial charge in [-0.25, -0.2) is 0 Å². The van der Waals surface area contributed by atoms with Gasteiger partial charge in [0.2, 0.25) is 0 Å². The summed E-state index contributed by atoms with van der Waals surface area (Å²) in [6, 6.07) is 12.9. The van der Waals surface area contributed by atoms with Crippen LogP contribution >= 0.6 is 27.5 Å². The fourth-order valence-electron chi connectivity index (χ4n) is 3.04. The number of carbonyl (C=O) groups excluding carboxylic acids is 1. The van der Waals surface area contributed by atoms with E-state index in [1.807, 2.05) is 25.1 Å². The third-order valence-electron chi connectivity index (χ3n) is 4.34. The van der Waals surface area contributed by atoms with Gasteiger partial charge in [-0.2, -0.15) is 0 Å². The van der Waals surface area contributed by atoms with Crippen molar-refractivity contribution in [2.75, 3.05) is 0 Å². The van der Waals surface area contributed by atoms with Crippen molar-refractivity contribution >= 4 is 33.4 Å². The Morgan fingerprint density at radius 2 is 2.15 bits per heavy atom. The summed E-state index contributed by atoms with van der Waals surface area (Å²) in [6.07, 6.45) is 1.08. The molecule has 0 radical (unpaired) electrons. The smallest absolute Gasteiger partial charge is 0.253 e. The number of nitrogens with zero attached hydrogens (tertiary/aromatic N) is 1. The molecule has 0 fully saturated rings. The molecular weight excluding hydrogens is 432 g/mol. The van der Waals surface area contributed by atoms with E-state index in [1.54, 1.807) is 18.2 Å². The molecule has 1 amide bonds. The Labute approximate surface area is 169 Å². The Kier molecular flexibility index (Phi) is 4.93. The topological polar surface area (TPSA) is 64.4 Å². The molecule has 0 spiro atoms. The second-order valence-corrected chi connectivity index (χ2v) is 7.77. The Bertz CT molecular complexity index is 1020. The molecule has 7 heteroatoms. The van der Waals surface area contributed by atoms with Crippen LogP contribution in [0.5, 0.6) is 5.75 Å². The van der Waals surface area contributed by atoms with Crippen LogP contribution in [-0.4, -0.2) is 17.2 Å². The highest BCUT2D eigenvalue weighted by molar-refractivity contribution is 9.10. The van der Waals surface area contributed by atoms with Gasteiger partial charge >= 0.3 is 0 Å². The van der Waals surface area contributed by atoms with Gasteiger partial charge in [0.1, 0.15) is 17.5 Å². The maximum Gasteiger partial charge on any atom is 0.253 e. The van der Waals surface area contributed by atoms with E-state index in [0.717, 1.165) is 27.8 Å². The van der Waals surface area contributed by atoms with Crippen LogP contribution < -0.4 is 10.1 Å². The van der Waals surface area contributed by atoms with Crippen LogP contribution in [0.2, 0.25) is 5.02 Å². The van der Waals surface area contributed by atoms with Crippen LogP contribution in [0.3, 0.4) is 0 Å². The van der Waals surface area contributed by atoms with E-state index in [0.29, 0.717) is 22.0 Å². The molecule has 1 aliphatic heterocycles. The molecule has 0 saturated carbocycles. The summed E-state index contributed by atoms with van der Waals surface area (Å²) in [5.41, 5.74) is 3.14. The summed E-state index contributed by atoms with van der Waals surface area (Å²) < 4.78 is 12.0. The number of amides is 1. The maximum atomic E-state index is 12.3. The van der Waals surface area contributed by atoms with Gasteiger partial charge in [0.15, 0.2) is 5.76 Å². The summed E-state index contributed by atoms with van der Waals surface area (Å²) in [5.74, 6) is 1.31. The van der Waals surface area contributed by atoms with Crippen LogP contribution in [-0.2, 0) is 13.0 Å². The number of hydrogen-bond acceptors (Lipinski definition) is 4. The number of halogens is 2. The standard InChI is InChI=1S/C20H16BrClN2O3/c1-11-6-13-7-12(2-5-18(13)26-11)19-9-15(24-27-19)10-23-20(25)16-8-14(21)3-4-17(16)22/h2-5,7-9,11H,6,10H2,1H3,(H,23,25). The van der Waals surface area contributed by atoms with Gasteiger partial charge in [0.25, 0.3) is 5.91 Å². The van der Waals surface area contributed by atoms with E-state index in [4.69, 9.17) is 20.9 Å². The molecule has 2 heterocycles. The first-order valence-corrected chi connectivity index (χ1v) is 9.65. The maximum absolute atomic E-state index is 12.3. The molecule has 5 nitrogen and oxygen atoms in total. The Hall–Kier alpha value is -2.31. The summed E-state index contributed by atoms with van der Waals surface area (Å²) in [4.78, 5) is 12.3. The number of carbonyl (C=O) groups is 1. The molecule has 1 unspecified atom stereocenters. The molecule has 1 N–H and O–H groups in total. The average molecular weight is 448 g/mol. The quantitative estimate of drug-likeness (QED) is 0.610. The molecule has 1 aliphatic rings. The van der Waals surface area contributed by atoms with Gasteiger partial charge in [0.05, 0.1) is 17.1 Å². The second kappa shape index (κ2) is 7.37. The predicted molar refractivity (Wildman–Crippen MR) is 106 cm³/mol. The minimum Gasteiger partial charge on any atom is -0.490 e. The van der Waals surface area contributed by atoms with Crippen molar-refractivity contribution in [2.24, 2.45) is 0 Å². The fraction of sp³-hybridized carbons (Fsp3) is 0.200. The minimum absolute atomic E-state index is 0.195. The van der Waals surface area contributed by atoms with Gasteiger partial charge in [-0.15, -0.1) is 0 Å². The zero-order chi connectivity index (χ0) is 19.0. The van der Waals surface area contributed by atoms with Crippen LogP contribution in [0.1, 0.15) is 28.5 Å². The van der Waals surface area contributed by atoms with Crippen molar-refractivity contribution in [3.63, 3.8) is 0 Å². The highest BCUT2D eigenvalue weighted by Gasteiger charge is 2.20. The molecule has 3 aromatic rings. The largest absolute Gasteiger partial charge is 0.490 e. The number of rotatable bonds is 4. The summed E-state index contributed by atoms with van der Waals surface area (Å²) in [6.45, 7) is 2.29. The van der Waals surface area contributed by atoms with E-state index < -0.39 is 0 Å². The molecule has 138 valence electrons. The molecule has 27 heavy (non-hydrogen) atoms. The van der Waals surface area contributed by atoms with Gasteiger partial charge in [-0.1, -0.05) is 32.7 Å². The zero-order valence-corrected chi connectivity index (χ0v) is 16.8. The number of ether oxygens (including phenoxy) is 1. The fourth-order valence-corrected chi connectivity index (χ4v) is 3.61. The minimum atomic E-state index is -0.269. The van der Waals surface area contributed by atoms with Crippen molar-refractivity contribution in [1.29, 1.82) is 0 Å². The highest BCUT2D eigenvalue weighted by Crippen LogP contribution is 2.33. The first-order valence-electron chi connectivity index (χ1n) is 8.48. The molecule has 1 atom stereocenters. The SMILES string of the molecule is CC1Cc2cc(-c3cc(CNC(=O)c4cc(Br)ccc4Cl)no3)ccc2O1. The lowest BCUT2D eigenvalue weighted by Gasteiger charge is -2.05. The van der Waals surface area contributed by atoms with Gasteiger partial charge in [-0.3, -0.25) is 4.79 Å². The predicted octanol–water partition coefficient (Wildman–Crippen LogP) is 5.01. The molecular formula is C20H16BrClN2O3. The Balaban J connectivity index is 1.45. The second-order valence-electron chi connectivity index (χ2n) is 6.44. The lowest BCUT2D eigenvalue weighted by Crippen LogP contribution is -2.23. The first-order chi connectivity index (χ1) is 13.0. The normalized spacial score (nSPS) is 15.3. The van der Waals surface area contributed by atoms with Crippen LogP contribution in [0.25, 0.3) is 11.3 Å². The Morgan fingerprint density at radius 3 is 3.00 bits per heavy atom. The summed E-state index contributed by atoms with van der Waals surface area (Å²) >= 11 is 9.43. The first kappa shape index (κ1) is 18.1. The lowest BCUT2D eigenvalue weighted by atomic mass is 10.1. The number of nitrogens with one attached hydrogen (secondary N) is 1. The number of benzene rings is 2. The van der Waals surface area contributed by atoms with Crippen molar-refractivity contribution in [3.05, 3.63) is 68.8 Å². The number of hydrogen-bond donors (Lipinski definition) is 1. The summed E-state index contributed by atoms with van der Waals surface area (Å²) in [7, 11) is 0. The van der Waals surface area contributed by atoms with Crippen molar-refractivity contribution in [1.82, 2.24) is 10.5 Å². The highest BCUT2D eigenvalue weighted by atomic mass is 79.9. The molecule has 0 bridgehead atoms. The Morgan fingerprint density at radius 1 is 1.30 bits per heavy atom. The van der Waals surface area contributed by atoms with Crippen LogP contribution in [0, 0.1) is 0 Å². The zero-order valence-electron chi connectivity index (χ0n) is 14.5. The van der Waals surface area contributed by atoms with E-state index in [1.165, 1.54) is 0 Å². The van der Waals surface area contributed by atoms with Crippen molar-refractivity contribution in [2.45, 2.75) is 26.0 Å². The lowest BCUT2D eigenvalue weighted by molar-refractivity contribution is 0.0950. The van der Waals surface area contributed by atoms with E-state index >= 15 is 0 Å². The van der Waals surface area contributed by atoms with Gasteiger partial charge < -0.3 is 14.6 Å². The number of aromatic nitrogens is 1. The third-order valence-corrected chi connectivity index (χ3v) is 5.17. The summed E-state index contributed by atoms with van der Waals surface area (Å²) in [5, 5.41) is 7.25. The van der Waals surface area contributed by atoms with Crippen molar-refractivity contribution in [3.8, 4) is 17.1 Å². The van der Waals surface area contributed by atoms with Crippen LogP contribution in [0.4, 0.5) is 0 Å². The molecule has 4 rings (SSSR count). The molecule has 0 saturated heterocycles. The van der Waals surface area contributed by atoms with Crippen molar-refractivity contribution < 1.29 is 14.1 Å². The molecule has 0 aliphatic carbocycles. The monoisotopic (exact) mass is 446 g/mol. The van der Waals surface area contributed by atoms with E-state index in [-0.39, 0.29) is 18.6 Å². The molecule has 1 aromatic heterocycles. The van der Waals surface area contributed by atoms with Gasteiger partial charge in [-0.05, 0) is 48.9 Å². The van der Waals surface area contributed by atoms with Crippen LogP contribution in [0.15, 0.2) is 51.5 Å². The molecule has 2 aromatic carbocycles. The van der Waals surface area contributed by atoms with E-state index in [2.05, 4.69) is 32.5 Å².